The van der Waals surface area contributed by atoms with Crippen LogP contribution in [0.1, 0.15) is 17.9 Å². The second kappa shape index (κ2) is 6.73. The van der Waals surface area contributed by atoms with Crippen LogP contribution in [-0.4, -0.2) is 21.0 Å². The quantitative estimate of drug-likeness (QED) is 0.567. The molecule has 3 aromatic heterocycles. The Morgan fingerprint density at radius 1 is 1.24 bits per heavy atom. The Labute approximate surface area is 151 Å². The lowest BCUT2D eigenvalue weighted by atomic mass is 10.2. The number of thiophene rings is 1. The van der Waals surface area contributed by atoms with Crippen molar-refractivity contribution < 1.29 is 9.32 Å². The predicted molar refractivity (Wildman–Crippen MR) is 98.9 cm³/mol. The highest BCUT2D eigenvalue weighted by atomic mass is 32.1. The van der Waals surface area contributed by atoms with Gasteiger partial charge in [-0.2, -0.15) is 4.98 Å². The summed E-state index contributed by atoms with van der Waals surface area (Å²) in [6.07, 6.45) is 0.662. The van der Waals surface area contributed by atoms with Gasteiger partial charge in [0, 0.05) is 12.8 Å². The lowest BCUT2D eigenvalue weighted by molar-refractivity contribution is -0.116. The molecule has 0 saturated heterocycles. The fourth-order valence-corrected chi connectivity index (χ4v) is 4.01. The van der Waals surface area contributed by atoms with Crippen molar-refractivity contribution in [1.29, 1.82) is 0 Å². The number of hydrogen-bond donors (Lipinski definition) is 1. The van der Waals surface area contributed by atoms with Crippen LogP contribution in [0.3, 0.4) is 0 Å². The number of aryl methyl sites for hydroxylation is 2. The van der Waals surface area contributed by atoms with Gasteiger partial charge >= 0.3 is 0 Å². The monoisotopic (exact) mass is 370 g/mol. The van der Waals surface area contributed by atoms with Crippen molar-refractivity contribution in [2.45, 2.75) is 19.8 Å². The summed E-state index contributed by atoms with van der Waals surface area (Å²) >= 11 is 3.02. The molecule has 0 unspecified atom stereocenters. The molecule has 25 heavy (non-hydrogen) atoms. The summed E-state index contributed by atoms with van der Waals surface area (Å²) in [4.78, 5) is 21.9. The summed E-state index contributed by atoms with van der Waals surface area (Å²) < 4.78 is 6.27. The summed E-state index contributed by atoms with van der Waals surface area (Å²) in [7, 11) is 0. The zero-order chi connectivity index (χ0) is 17.2. The number of nitrogens with zero attached hydrogens (tertiary/aromatic N) is 3. The molecule has 0 bridgehead atoms. The fourth-order valence-electron chi connectivity index (χ4n) is 2.40. The molecule has 1 N–H and O–H groups in total. The normalized spacial score (nSPS) is 11.1. The van der Waals surface area contributed by atoms with E-state index in [9.17, 15) is 4.79 Å². The fraction of sp³-hybridized carbons (Fsp3) is 0.176. The zero-order valence-corrected chi connectivity index (χ0v) is 15.0. The first kappa shape index (κ1) is 15.9. The smallest absolute Gasteiger partial charge is 0.227 e. The van der Waals surface area contributed by atoms with Gasteiger partial charge < -0.3 is 9.84 Å². The molecule has 3 heterocycles. The van der Waals surface area contributed by atoms with Crippen molar-refractivity contribution in [2.75, 3.05) is 5.32 Å². The number of nitrogens with one attached hydrogen (secondary N) is 1. The highest BCUT2D eigenvalue weighted by Crippen LogP contribution is 2.28. The Morgan fingerprint density at radius 2 is 2.16 bits per heavy atom. The first-order chi connectivity index (χ1) is 12.2. The molecule has 0 aliphatic carbocycles. The third-order valence-corrected chi connectivity index (χ3v) is 5.44. The minimum Gasteiger partial charge on any atom is -0.339 e. The number of thiazole rings is 1. The number of carbonyl (C=O) groups excluding carboxylic acids is 1. The molecule has 0 aliphatic rings. The highest BCUT2D eigenvalue weighted by Gasteiger charge is 2.13. The Morgan fingerprint density at radius 3 is 2.96 bits per heavy atom. The van der Waals surface area contributed by atoms with Crippen molar-refractivity contribution in [3.05, 3.63) is 47.2 Å². The van der Waals surface area contributed by atoms with E-state index in [1.807, 2.05) is 42.6 Å². The molecule has 0 saturated carbocycles. The largest absolute Gasteiger partial charge is 0.339 e. The molecular formula is C17H14N4O2S2. The van der Waals surface area contributed by atoms with Gasteiger partial charge in [0.25, 0.3) is 0 Å². The van der Waals surface area contributed by atoms with Gasteiger partial charge in [0.2, 0.25) is 17.6 Å². The Balaban J connectivity index is 1.38. The van der Waals surface area contributed by atoms with E-state index in [2.05, 4.69) is 20.4 Å². The first-order valence-corrected chi connectivity index (χ1v) is 9.41. The van der Waals surface area contributed by atoms with E-state index in [0.29, 0.717) is 23.3 Å². The minimum absolute atomic E-state index is 0.118. The van der Waals surface area contributed by atoms with Gasteiger partial charge in [0.15, 0.2) is 5.13 Å². The minimum atomic E-state index is -0.118. The van der Waals surface area contributed by atoms with Gasteiger partial charge in [-0.15, -0.1) is 11.3 Å². The SMILES string of the molecule is Cc1cccc2sc(NC(=O)CCc3nc(-c4cccs4)no3)nc12. The zero-order valence-electron chi connectivity index (χ0n) is 13.4. The lowest BCUT2D eigenvalue weighted by Gasteiger charge is -1.98. The second-order valence-electron chi connectivity index (χ2n) is 5.48. The van der Waals surface area contributed by atoms with Crippen molar-refractivity contribution in [3.8, 4) is 10.7 Å². The third kappa shape index (κ3) is 3.45. The predicted octanol–water partition coefficient (Wildman–Crippen LogP) is 4.29. The summed E-state index contributed by atoms with van der Waals surface area (Å²) in [5.74, 6) is 0.901. The number of carbonyl (C=O) groups is 1. The number of para-hydroxylation sites is 1. The van der Waals surface area contributed by atoms with Crippen molar-refractivity contribution in [3.63, 3.8) is 0 Å². The third-order valence-electron chi connectivity index (χ3n) is 3.64. The van der Waals surface area contributed by atoms with Crippen LogP contribution in [-0.2, 0) is 11.2 Å². The highest BCUT2D eigenvalue weighted by molar-refractivity contribution is 7.22. The van der Waals surface area contributed by atoms with E-state index in [1.54, 1.807) is 11.3 Å². The van der Waals surface area contributed by atoms with Gasteiger partial charge in [-0.1, -0.05) is 34.7 Å². The summed E-state index contributed by atoms with van der Waals surface area (Å²) in [6.45, 7) is 2.01. The molecule has 126 valence electrons. The number of aromatic nitrogens is 3. The first-order valence-electron chi connectivity index (χ1n) is 7.71. The molecule has 4 aromatic rings. The van der Waals surface area contributed by atoms with E-state index in [0.717, 1.165) is 20.7 Å². The van der Waals surface area contributed by atoms with E-state index < -0.39 is 0 Å². The van der Waals surface area contributed by atoms with E-state index in [-0.39, 0.29) is 12.3 Å². The molecule has 0 fully saturated rings. The molecule has 1 amide bonds. The average molecular weight is 370 g/mol. The van der Waals surface area contributed by atoms with Crippen LogP contribution < -0.4 is 5.32 Å². The number of fused-ring (bicyclic) bond motifs is 1. The van der Waals surface area contributed by atoms with Crippen LogP contribution in [0.25, 0.3) is 20.9 Å². The standard InChI is InChI=1S/C17H14N4O2S2/c1-10-4-2-5-11-15(10)20-17(25-11)18-13(22)7-8-14-19-16(21-23-14)12-6-3-9-24-12/h2-6,9H,7-8H2,1H3,(H,18,20,22). The van der Waals surface area contributed by atoms with Crippen LogP contribution in [0.4, 0.5) is 5.13 Å². The Kier molecular flexibility index (Phi) is 4.29. The van der Waals surface area contributed by atoms with Crippen LogP contribution in [0.5, 0.6) is 0 Å². The molecular weight excluding hydrogens is 356 g/mol. The average Bonchev–Trinajstić information content (AvgIpc) is 3.33. The lowest BCUT2D eigenvalue weighted by Crippen LogP contribution is -2.12. The summed E-state index contributed by atoms with van der Waals surface area (Å²) in [6, 6.07) is 9.86. The van der Waals surface area contributed by atoms with E-state index in [4.69, 9.17) is 4.52 Å². The maximum absolute atomic E-state index is 12.2. The Hall–Kier alpha value is -2.58. The van der Waals surface area contributed by atoms with E-state index in [1.165, 1.54) is 11.3 Å². The van der Waals surface area contributed by atoms with E-state index >= 15 is 0 Å². The molecule has 8 heteroatoms. The maximum Gasteiger partial charge on any atom is 0.227 e. The summed E-state index contributed by atoms with van der Waals surface area (Å²) in [5, 5.41) is 9.35. The Bertz CT molecular complexity index is 1020. The molecule has 1 aromatic carbocycles. The number of amides is 1. The maximum atomic E-state index is 12.2. The van der Waals surface area contributed by atoms with Gasteiger partial charge in [0.1, 0.15) is 0 Å². The van der Waals surface area contributed by atoms with Gasteiger partial charge in [-0.05, 0) is 30.0 Å². The molecule has 0 spiro atoms. The van der Waals surface area contributed by atoms with Crippen LogP contribution in [0, 0.1) is 6.92 Å². The molecule has 0 atom stereocenters. The van der Waals surface area contributed by atoms with Crippen LogP contribution in [0.15, 0.2) is 40.2 Å². The second-order valence-corrected chi connectivity index (χ2v) is 7.46. The van der Waals surface area contributed by atoms with Gasteiger partial charge in [0.05, 0.1) is 15.1 Å². The number of rotatable bonds is 5. The topological polar surface area (TPSA) is 80.9 Å². The van der Waals surface area contributed by atoms with Gasteiger partial charge in [-0.3, -0.25) is 4.79 Å². The van der Waals surface area contributed by atoms with Crippen molar-refractivity contribution >= 4 is 43.9 Å². The van der Waals surface area contributed by atoms with Crippen LogP contribution >= 0.6 is 22.7 Å². The molecule has 0 aliphatic heterocycles. The van der Waals surface area contributed by atoms with Crippen LogP contribution in [0.2, 0.25) is 0 Å². The molecule has 0 radical (unpaired) electrons. The number of benzene rings is 1. The van der Waals surface area contributed by atoms with Crippen molar-refractivity contribution in [1.82, 2.24) is 15.1 Å². The molecule has 6 nitrogen and oxygen atoms in total. The van der Waals surface area contributed by atoms with Gasteiger partial charge in [-0.25, -0.2) is 4.98 Å². The molecule has 4 rings (SSSR count). The summed E-state index contributed by atoms with van der Waals surface area (Å²) in [5.41, 5.74) is 2.03. The van der Waals surface area contributed by atoms with Crippen molar-refractivity contribution in [2.24, 2.45) is 0 Å². The number of hydrogen-bond acceptors (Lipinski definition) is 7. The number of anilines is 1.